The second kappa shape index (κ2) is 4.11. The highest BCUT2D eigenvalue weighted by atomic mass is 32.2. The predicted octanol–water partition coefficient (Wildman–Crippen LogP) is 1.54. The van der Waals surface area contributed by atoms with Crippen LogP contribution in [0.25, 0.3) is 0 Å². The van der Waals surface area contributed by atoms with Crippen LogP contribution in [0.4, 0.5) is 0 Å². The number of thioether (sulfide) groups is 1. The number of nitrogens with zero attached hydrogens (tertiary/aromatic N) is 1. The normalized spacial score (nSPS) is 38.1. The quantitative estimate of drug-likeness (QED) is 0.723. The number of rotatable bonds is 1. The number of hydrogen-bond donors (Lipinski definition) is 2. The minimum Gasteiger partial charge on any atom is -0.481 e. The van der Waals surface area contributed by atoms with E-state index in [1.165, 1.54) is 11.8 Å². The van der Waals surface area contributed by atoms with E-state index in [4.69, 9.17) is 11.0 Å². The summed E-state index contributed by atoms with van der Waals surface area (Å²) in [5.74, 6) is -1.41. The molecule has 1 heterocycles. The molecule has 0 radical (unpaired) electrons. The van der Waals surface area contributed by atoms with Gasteiger partial charge in [0, 0.05) is 0 Å². The molecule has 2 rings (SSSR count). The molecule has 86 valence electrons. The van der Waals surface area contributed by atoms with Crippen LogP contribution in [0, 0.1) is 29.1 Å². The third-order valence-corrected chi connectivity index (χ3v) is 4.80. The Kier molecular flexibility index (Phi) is 2.96. The lowest BCUT2D eigenvalue weighted by atomic mass is 9.77. The van der Waals surface area contributed by atoms with Crippen LogP contribution in [0.3, 0.4) is 0 Å². The zero-order valence-electron chi connectivity index (χ0n) is 9.01. The largest absolute Gasteiger partial charge is 0.481 e. The zero-order valence-corrected chi connectivity index (χ0v) is 9.83. The summed E-state index contributed by atoms with van der Waals surface area (Å²) in [7, 11) is 0. The van der Waals surface area contributed by atoms with Crippen molar-refractivity contribution in [3.05, 3.63) is 10.5 Å². The average Bonchev–Trinajstić information content (AvgIpc) is 2.55. The van der Waals surface area contributed by atoms with Gasteiger partial charge >= 0.3 is 5.97 Å². The van der Waals surface area contributed by atoms with E-state index in [0.29, 0.717) is 12.3 Å². The maximum atomic E-state index is 11.2. The first kappa shape index (κ1) is 11.5. The van der Waals surface area contributed by atoms with E-state index in [-0.39, 0.29) is 5.37 Å². The molecule has 0 amide bonds. The molecule has 4 unspecified atom stereocenters. The van der Waals surface area contributed by atoms with Crippen LogP contribution in [0.2, 0.25) is 0 Å². The summed E-state index contributed by atoms with van der Waals surface area (Å²) in [5, 5.41) is 18.0. The van der Waals surface area contributed by atoms with E-state index in [1.807, 2.05) is 0 Å². The lowest BCUT2D eigenvalue weighted by molar-refractivity contribution is -0.141. The Morgan fingerprint density at radius 3 is 2.88 bits per heavy atom. The summed E-state index contributed by atoms with van der Waals surface area (Å²) in [4.78, 5) is 12.2. The number of carboxylic acids is 1. The molecule has 0 saturated heterocycles. The number of nitriles is 1. The highest BCUT2D eigenvalue weighted by molar-refractivity contribution is 8.03. The highest BCUT2D eigenvalue weighted by Crippen LogP contribution is 2.51. The standard InChI is InChI=1S/C11H14N2O2S/c1-5-2-3-6(11(14)15)8-7(4-12)10(13)16-9(5)8/h5-7,10H,2-3,13H2,1H3,(H,14,15). The van der Waals surface area contributed by atoms with Gasteiger partial charge in [-0.3, -0.25) is 4.79 Å². The minimum absolute atomic E-state index is 0.294. The van der Waals surface area contributed by atoms with Crippen molar-refractivity contribution in [3.8, 4) is 6.07 Å². The first-order valence-electron chi connectivity index (χ1n) is 5.35. The van der Waals surface area contributed by atoms with Crippen LogP contribution in [-0.2, 0) is 4.79 Å². The smallest absolute Gasteiger partial charge is 0.310 e. The third-order valence-electron chi connectivity index (χ3n) is 3.36. The summed E-state index contributed by atoms with van der Waals surface area (Å²) in [5.41, 5.74) is 6.66. The summed E-state index contributed by atoms with van der Waals surface area (Å²) < 4.78 is 0. The van der Waals surface area contributed by atoms with Gasteiger partial charge in [-0.2, -0.15) is 5.26 Å². The molecule has 3 N–H and O–H groups in total. The van der Waals surface area contributed by atoms with E-state index in [9.17, 15) is 9.90 Å². The van der Waals surface area contributed by atoms with E-state index in [2.05, 4.69) is 13.0 Å². The molecule has 1 aliphatic heterocycles. The first-order valence-corrected chi connectivity index (χ1v) is 6.22. The lowest BCUT2D eigenvalue weighted by Gasteiger charge is -2.26. The number of aliphatic carboxylic acids is 1. The average molecular weight is 238 g/mol. The Morgan fingerprint density at radius 1 is 1.62 bits per heavy atom. The SMILES string of the molecule is CC1CCC(C(=O)O)C2=C1SC(N)C2C#N. The van der Waals surface area contributed by atoms with Crippen LogP contribution in [0.5, 0.6) is 0 Å². The fourth-order valence-electron chi connectivity index (χ4n) is 2.50. The molecular formula is C11H14N2O2S. The van der Waals surface area contributed by atoms with Gasteiger partial charge in [0.25, 0.3) is 0 Å². The van der Waals surface area contributed by atoms with Crippen molar-refractivity contribution in [3.63, 3.8) is 0 Å². The Bertz CT molecular complexity index is 399. The molecule has 1 aliphatic carbocycles. The first-order chi connectivity index (χ1) is 7.56. The van der Waals surface area contributed by atoms with Crippen molar-refractivity contribution >= 4 is 17.7 Å². The molecule has 0 aromatic heterocycles. The zero-order chi connectivity index (χ0) is 11.9. The van der Waals surface area contributed by atoms with Crippen molar-refractivity contribution in [1.82, 2.24) is 0 Å². The predicted molar refractivity (Wildman–Crippen MR) is 61.2 cm³/mol. The Balaban J connectivity index is 2.43. The Morgan fingerprint density at radius 2 is 2.31 bits per heavy atom. The molecule has 5 heteroatoms. The fourth-order valence-corrected chi connectivity index (χ4v) is 3.90. The Labute approximate surface area is 98.5 Å². The van der Waals surface area contributed by atoms with E-state index >= 15 is 0 Å². The molecule has 0 saturated carbocycles. The van der Waals surface area contributed by atoms with Gasteiger partial charge < -0.3 is 10.8 Å². The molecule has 0 aromatic carbocycles. The van der Waals surface area contributed by atoms with Crippen LogP contribution in [-0.4, -0.2) is 16.4 Å². The summed E-state index contributed by atoms with van der Waals surface area (Å²) in [6.07, 6.45) is 1.49. The number of carboxylic acid groups (broad SMARTS) is 1. The molecule has 0 bridgehead atoms. The van der Waals surface area contributed by atoms with Gasteiger partial charge in [-0.05, 0) is 29.2 Å². The fraction of sp³-hybridized carbons (Fsp3) is 0.636. The molecule has 0 aromatic rings. The molecule has 2 aliphatic rings. The molecule has 4 nitrogen and oxygen atoms in total. The second-order valence-corrected chi connectivity index (χ2v) is 5.60. The van der Waals surface area contributed by atoms with Crippen molar-refractivity contribution in [2.45, 2.75) is 25.1 Å². The Hall–Kier alpha value is -0.990. The number of hydrogen-bond acceptors (Lipinski definition) is 4. The van der Waals surface area contributed by atoms with Crippen LogP contribution in [0.15, 0.2) is 10.5 Å². The van der Waals surface area contributed by atoms with Gasteiger partial charge in [0.2, 0.25) is 0 Å². The van der Waals surface area contributed by atoms with Gasteiger partial charge in [0.15, 0.2) is 0 Å². The van der Waals surface area contributed by atoms with Crippen LogP contribution < -0.4 is 5.73 Å². The second-order valence-electron chi connectivity index (χ2n) is 4.38. The van der Waals surface area contributed by atoms with Crippen molar-refractivity contribution in [1.29, 1.82) is 5.26 Å². The van der Waals surface area contributed by atoms with Gasteiger partial charge in [-0.25, -0.2) is 0 Å². The maximum absolute atomic E-state index is 11.2. The van der Waals surface area contributed by atoms with Gasteiger partial charge in [0.05, 0.1) is 23.3 Å². The lowest BCUT2D eigenvalue weighted by Crippen LogP contribution is -2.29. The summed E-state index contributed by atoms with van der Waals surface area (Å²) in [6, 6.07) is 2.15. The van der Waals surface area contributed by atoms with Crippen LogP contribution >= 0.6 is 11.8 Å². The van der Waals surface area contributed by atoms with Crippen molar-refractivity contribution in [2.24, 2.45) is 23.5 Å². The molecule has 0 fully saturated rings. The maximum Gasteiger partial charge on any atom is 0.310 e. The monoisotopic (exact) mass is 238 g/mol. The van der Waals surface area contributed by atoms with Crippen molar-refractivity contribution in [2.75, 3.05) is 0 Å². The molecule has 0 spiro atoms. The third kappa shape index (κ3) is 1.62. The highest BCUT2D eigenvalue weighted by Gasteiger charge is 2.44. The molecule has 16 heavy (non-hydrogen) atoms. The molecule has 4 atom stereocenters. The number of carbonyl (C=O) groups is 1. The van der Waals surface area contributed by atoms with E-state index < -0.39 is 17.8 Å². The summed E-state index contributed by atoms with van der Waals surface area (Å²) >= 11 is 1.48. The number of nitrogens with two attached hydrogens (primary N) is 1. The van der Waals surface area contributed by atoms with Crippen LogP contribution in [0.1, 0.15) is 19.8 Å². The van der Waals surface area contributed by atoms with E-state index in [0.717, 1.165) is 16.9 Å². The minimum atomic E-state index is -0.825. The van der Waals surface area contributed by atoms with E-state index in [1.54, 1.807) is 0 Å². The number of allylic oxidation sites excluding steroid dienone is 1. The molecular weight excluding hydrogens is 224 g/mol. The topological polar surface area (TPSA) is 87.1 Å². The summed E-state index contributed by atoms with van der Waals surface area (Å²) in [6.45, 7) is 2.08. The van der Waals surface area contributed by atoms with Gasteiger partial charge in [-0.1, -0.05) is 6.92 Å². The van der Waals surface area contributed by atoms with Gasteiger partial charge in [0.1, 0.15) is 0 Å². The van der Waals surface area contributed by atoms with Gasteiger partial charge in [-0.15, -0.1) is 11.8 Å². The van der Waals surface area contributed by atoms with Crippen molar-refractivity contribution < 1.29 is 9.90 Å².